The van der Waals surface area contributed by atoms with Gasteiger partial charge < -0.3 is 25.2 Å². The summed E-state index contributed by atoms with van der Waals surface area (Å²) in [6.07, 6.45) is 1.90. The van der Waals surface area contributed by atoms with Gasteiger partial charge in [0.2, 0.25) is 11.6 Å². The number of carbonyl (C=O) groups is 2. The monoisotopic (exact) mass is 408 g/mol. The van der Waals surface area contributed by atoms with Crippen LogP contribution in [0.1, 0.15) is 25.0 Å². The van der Waals surface area contributed by atoms with Crippen LogP contribution in [-0.4, -0.2) is 38.6 Å². The molecule has 0 radical (unpaired) electrons. The highest BCUT2D eigenvalue weighted by molar-refractivity contribution is 6.46. The van der Waals surface area contributed by atoms with Crippen LogP contribution in [-0.2, 0) is 9.59 Å². The first kappa shape index (κ1) is 20.7. The van der Waals surface area contributed by atoms with Crippen molar-refractivity contribution < 1.29 is 34.8 Å². The highest BCUT2D eigenvalue weighted by Gasteiger charge is 2.36. The summed E-state index contributed by atoms with van der Waals surface area (Å²) in [5, 5.41) is 39.9. The molecule has 0 unspecified atom stereocenters. The smallest absolute Gasteiger partial charge is 0.232 e. The molecule has 0 fully saturated rings. The van der Waals surface area contributed by atoms with Crippen molar-refractivity contribution in [3.8, 4) is 17.2 Å². The second-order valence-corrected chi connectivity index (χ2v) is 6.93. The molecular weight excluding hydrogens is 388 g/mol. The number of hydrogen-bond donors (Lipinski definition) is 4. The van der Waals surface area contributed by atoms with Crippen LogP contribution in [0.4, 0.5) is 0 Å². The van der Waals surface area contributed by atoms with Gasteiger partial charge in [-0.25, -0.2) is 0 Å². The van der Waals surface area contributed by atoms with E-state index in [-0.39, 0.29) is 16.7 Å². The number of ether oxygens (including phenoxy) is 1. The fourth-order valence-electron chi connectivity index (χ4n) is 2.92. The Morgan fingerprint density at radius 1 is 0.800 bits per heavy atom. The number of aromatic hydroxyl groups is 2. The van der Waals surface area contributed by atoms with Gasteiger partial charge in [-0.15, -0.1) is 0 Å². The average molecular weight is 408 g/mol. The van der Waals surface area contributed by atoms with Gasteiger partial charge in [-0.1, -0.05) is 23.8 Å². The molecule has 2 aromatic rings. The molecule has 4 N–H and O–H groups in total. The van der Waals surface area contributed by atoms with Gasteiger partial charge in [0.1, 0.15) is 12.4 Å². The van der Waals surface area contributed by atoms with E-state index in [2.05, 4.69) is 0 Å². The molecule has 0 aromatic heterocycles. The molecule has 3 rings (SSSR count). The molecule has 0 aliphatic heterocycles. The molecule has 0 bridgehead atoms. The Hall–Kier alpha value is -4.00. The summed E-state index contributed by atoms with van der Waals surface area (Å²) in [6.45, 7) is 4.27. The van der Waals surface area contributed by atoms with Crippen molar-refractivity contribution in [2.75, 3.05) is 6.61 Å². The second-order valence-electron chi connectivity index (χ2n) is 6.93. The molecule has 7 nitrogen and oxygen atoms in total. The van der Waals surface area contributed by atoms with Crippen LogP contribution in [0.15, 0.2) is 65.6 Å². The number of carbonyl (C=O) groups excluding carboxylic acids is 2. The van der Waals surface area contributed by atoms with Gasteiger partial charge >= 0.3 is 0 Å². The summed E-state index contributed by atoms with van der Waals surface area (Å²) in [6, 6.07) is 9.53. The normalized spacial score (nSPS) is 14.2. The van der Waals surface area contributed by atoms with E-state index in [1.807, 2.05) is 19.9 Å². The molecule has 1 aliphatic carbocycles. The molecule has 0 amide bonds. The average Bonchev–Trinajstić information content (AvgIpc) is 2.70. The van der Waals surface area contributed by atoms with Gasteiger partial charge in [0, 0.05) is 0 Å². The van der Waals surface area contributed by atoms with Gasteiger partial charge in [-0.05, 0) is 55.3 Å². The number of aliphatic hydroxyl groups excluding tert-OH is 2. The number of allylic oxidation sites excluding steroid dienone is 3. The van der Waals surface area contributed by atoms with E-state index in [1.165, 1.54) is 18.2 Å². The number of hydrogen-bond acceptors (Lipinski definition) is 7. The molecule has 0 atom stereocenters. The van der Waals surface area contributed by atoms with Crippen LogP contribution in [0.25, 0.3) is 11.1 Å². The van der Waals surface area contributed by atoms with E-state index in [4.69, 9.17) is 4.74 Å². The van der Waals surface area contributed by atoms with E-state index >= 15 is 0 Å². The highest BCUT2D eigenvalue weighted by atomic mass is 16.5. The van der Waals surface area contributed by atoms with Crippen molar-refractivity contribution in [1.82, 2.24) is 0 Å². The Morgan fingerprint density at radius 3 is 1.87 bits per heavy atom. The molecule has 0 spiro atoms. The van der Waals surface area contributed by atoms with Crippen molar-refractivity contribution in [2.45, 2.75) is 13.8 Å². The molecular formula is C23H20O7. The van der Waals surface area contributed by atoms with Crippen LogP contribution in [0.5, 0.6) is 17.2 Å². The van der Waals surface area contributed by atoms with Crippen LogP contribution in [0.3, 0.4) is 0 Å². The molecule has 154 valence electrons. The standard InChI is InChI=1S/C23H20O7/c1-12(2)9-10-30-15-6-3-13(4-7-15)18-20(26)22(28)19(23(29)21(18)27)14-5-8-16(24)17(25)11-14/h3-9,11,24-26,29H,10H2,1-2H3. The van der Waals surface area contributed by atoms with E-state index in [9.17, 15) is 30.0 Å². The Kier molecular flexibility index (Phi) is 5.64. The number of ketones is 2. The summed E-state index contributed by atoms with van der Waals surface area (Å²) < 4.78 is 5.54. The summed E-state index contributed by atoms with van der Waals surface area (Å²) in [5.41, 5.74) is 0.528. The van der Waals surface area contributed by atoms with Crippen molar-refractivity contribution in [3.63, 3.8) is 0 Å². The molecule has 1 aliphatic rings. The maximum absolute atomic E-state index is 12.7. The molecule has 2 aromatic carbocycles. The van der Waals surface area contributed by atoms with E-state index < -0.39 is 40.2 Å². The molecule has 7 heteroatoms. The zero-order valence-electron chi connectivity index (χ0n) is 16.3. The van der Waals surface area contributed by atoms with E-state index in [1.54, 1.807) is 12.1 Å². The summed E-state index contributed by atoms with van der Waals surface area (Å²) in [4.78, 5) is 25.4. The predicted molar refractivity (Wildman–Crippen MR) is 110 cm³/mol. The topological polar surface area (TPSA) is 124 Å². The lowest BCUT2D eigenvalue weighted by molar-refractivity contribution is -0.116. The van der Waals surface area contributed by atoms with Crippen LogP contribution in [0.2, 0.25) is 0 Å². The maximum atomic E-state index is 12.7. The Labute approximate surface area is 172 Å². The van der Waals surface area contributed by atoms with Gasteiger partial charge in [-0.2, -0.15) is 0 Å². The van der Waals surface area contributed by atoms with E-state index in [0.29, 0.717) is 12.4 Å². The first-order chi connectivity index (χ1) is 14.2. The lowest BCUT2D eigenvalue weighted by Crippen LogP contribution is -2.22. The van der Waals surface area contributed by atoms with Gasteiger partial charge in [0.25, 0.3) is 0 Å². The first-order valence-corrected chi connectivity index (χ1v) is 9.05. The SMILES string of the molecule is CC(C)=CCOc1ccc(C2=C(O)C(=O)C(c3ccc(O)c(O)c3)=C(O)C2=O)cc1. The van der Waals surface area contributed by atoms with Crippen molar-refractivity contribution in [2.24, 2.45) is 0 Å². The number of Topliss-reactive ketones (excluding diaryl/α,β-unsaturated/α-hetero) is 2. The van der Waals surface area contributed by atoms with Crippen LogP contribution >= 0.6 is 0 Å². The van der Waals surface area contributed by atoms with Crippen LogP contribution < -0.4 is 4.74 Å². The van der Waals surface area contributed by atoms with Gasteiger partial charge in [0.15, 0.2) is 23.0 Å². The van der Waals surface area contributed by atoms with E-state index in [0.717, 1.165) is 17.7 Å². The number of benzene rings is 2. The summed E-state index contributed by atoms with van der Waals surface area (Å²) in [5.74, 6) is -4.03. The molecule has 0 saturated heterocycles. The van der Waals surface area contributed by atoms with Crippen LogP contribution in [0, 0.1) is 0 Å². The van der Waals surface area contributed by atoms with Gasteiger partial charge in [0.05, 0.1) is 11.1 Å². The third kappa shape index (κ3) is 3.91. The van der Waals surface area contributed by atoms with Gasteiger partial charge in [-0.3, -0.25) is 9.59 Å². The largest absolute Gasteiger partial charge is 0.504 e. The lowest BCUT2D eigenvalue weighted by atomic mass is 9.86. The highest BCUT2D eigenvalue weighted by Crippen LogP contribution is 2.36. The number of aliphatic hydroxyl groups is 2. The number of rotatable bonds is 5. The second kappa shape index (κ2) is 8.16. The number of phenolic OH excluding ortho intramolecular Hbond substituents is 2. The minimum atomic E-state index is -0.976. The Morgan fingerprint density at radius 2 is 1.33 bits per heavy atom. The zero-order chi connectivity index (χ0) is 22.0. The molecule has 30 heavy (non-hydrogen) atoms. The minimum absolute atomic E-state index is 0.0187. The predicted octanol–water partition coefficient (Wildman–Crippen LogP) is 3.83. The molecule has 0 heterocycles. The summed E-state index contributed by atoms with van der Waals surface area (Å²) in [7, 11) is 0. The Bertz CT molecular complexity index is 1110. The fourth-order valence-corrected chi connectivity index (χ4v) is 2.92. The molecule has 0 saturated carbocycles. The van der Waals surface area contributed by atoms with Crippen molar-refractivity contribution in [1.29, 1.82) is 0 Å². The minimum Gasteiger partial charge on any atom is -0.504 e. The van der Waals surface area contributed by atoms with Crippen molar-refractivity contribution in [3.05, 3.63) is 76.8 Å². The third-order valence-electron chi connectivity index (χ3n) is 4.51. The van der Waals surface area contributed by atoms with Crippen molar-refractivity contribution >= 4 is 22.7 Å². The lowest BCUT2D eigenvalue weighted by Gasteiger charge is -2.18. The summed E-state index contributed by atoms with van der Waals surface area (Å²) >= 11 is 0. The quantitative estimate of drug-likeness (QED) is 0.337. The third-order valence-corrected chi connectivity index (χ3v) is 4.51. The Balaban J connectivity index is 1.93. The number of phenols is 2. The zero-order valence-corrected chi connectivity index (χ0v) is 16.3. The maximum Gasteiger partial charge on any atom is 0.232 e. The fraction of sp³-hybridized carbons (Fsp3) is 0.130. The first-order valence-electron chi connectivity index (χ1n) is 9.05.